The molecule has 0 bridgehead atoms. The Balaban J connectivity index is 2.06. The fourth-order valence-electron chi connectivity index (χ4n) is 2.12. The van der Waals surface area contributed by atoms with E-state index in [1.54, 1.807) is 39.3 Å². The van der Waals surface area contributed by atoms with Gasteiger partial charge in [-0.25, -0.2) is 4.79 Å². The lowest BCUT2D eigenvalue weighted by molar-refractivity contribution is 0.167. The zero-order valence-electron chi connectivity index (χ0n) is 12.9. The molecule has 1 aromatic rings. The Morgan fingerprint density at radius 3 is 2.05 bits per heavy atom. The van der Waals surface area contributed by atoms with Crippen LogP contribution in [0.4, 0.5) is 10.7 Å². The predicted octanol–water partition coefficient (Wildman–Crippen LogP) is 0.297. The van der Waals surface area contributed by atoms with Gasteiger partial charge in [0.1, 0.15) is 0 Å². The van der Waals surface area contributed by atoms with Gasteiger partial charge in [-0.15, -0.1) is 0 Å². The van der Waals surface area contributed by atoms with Gasteiger partial charge in [0.15, 0.2) is 0 Å². The fraction of sp³-hybridized carbons (Fsp3) is 0.615. The molecule has 2 heterocycles. The molecule has 0 atom stereocenters. The summed E-state index contributed by atoms with van der Waals surface area (Å²) < 4.78 is 10.3. The van der Waals surface area contributed by atoms with Crippen LogP contribution in [0, 0.1) is 0 Å². The van der Waals surface area contributed by atoms with Crippen LogP contribution in [-0.4, -0.2) is 80.3 Å². The molecule has 0 saturated carbocycles. The number of piperazine rings is 1. The van der Waals surface area contributed by atoms with Crippen LogP contribution < -0.4 is 14.4 Å². The Labute approximate surface area is 124 Å². The maximum absolute atomic E-state index is 11.9. The number of ether oxygens (including phenoxy) is 2. The van der Waals surface area contributed by atoms with E-state index in [2.05, 4.69) is 9.97 Å². The van der Waals surface area contributed by atoms with Crippen LogP contribution in [-0.2, 0) is 0 Å². The Morgan fingerprint density at radius 2 is 1.62 bits per heavy atom. The highest BCUT2D eigenvalue weighted by Crippen LogP contribution is 2.21. The quantitative estimate of drug-likeness (QED) is 0.798. The topological polar surface area (TPSA) is 71.0 Å². The number of hydrogen-bond donors (Lipinski definition) is 0. The number of carbonyl (C=O) groups excluding carboxylic acids is 1. The van der Waals surface area contributed by atoms with Gasteiger partial charge in [-0.1, -0.05) is 0 Å². The molecule has 8 heteroatoms. The number of urea groups is 1. The largest absolute Gasteiger partial charge is 0.481 e. The van der Waals surface area contributed by atoms with Crippen molar-refractivity contribution in [2.45, 2.75) is 0 Å². The van der Waals surface area contributed by atoms with E-state index in [1.165, 1.54) is 0 Å². The van der Waals surface area contributed by atoms with Crippen LogP contribution in [0.3, 0.4) is 0 Å². The maximum Gasteiger partial charge on any atom is 0.319 e. The van der Waals surface area contributed by atoms with E-state index in [0.717, 1.165) is 0 Å². The van der Waals surface area contributed by atoms with Crippen molar-refractivity contribution in [2.75, 3.05) is 59.4 Å². The predicted molar refractivity (Wildman–Crippen MR) is 78.0 cm³/mol. The summed E-state index contributed by atoms with van der Waals surface area (Å²) in [5.74, 6) is 1.48. The SMILES string of the molecule is COc1cc(OC)nc(N2CCN(C(=O)N(C)C)CC2)n1. The number of carbonyl (C=O) groups is 1. The van der Waals surface area contributed by atoms with Gasteiger partial charge in [0.2, 0.25) is 17.7 Å². The third kappa shape index (κ3) is 3.45. The first-order valence-corrected chi connectivity index (χ1v) is 6.73. The standard InChI is InChI=1S/C13H21N5O3/c1-16(2)13(19)18-7-5-17(6-8-18)12-14-10(20-3)9-11(15-12)21-4/h9H,5-8H2,1-4H3. The summed E-state index contributed by atoms with van der Waals surface area (Å²) in [6.45, 7) is 2.63. The van der Waals surface area contributed by atoms with E-state index in [9.17, 15) is 4.79 Å². The van der Waals surface area contributed by atoms with Gasteiger partial charge in [0, 0.05) is 40.3 Å². The molecular weight excluding hydrogens is 274 g/mol. The Kier molecular flexibility index (Phi) is 4.66. The van der Waals surface area contributed by atoms with Crippen molar-refractivity contribution in [3.05, 3.63) is 6.07 Å². The van der Waals surface area contributed by atoms with Crippen LogP contribution in [0.1, 0.15) is 0 Å². The van der Waals surface area contributed by atoms with Crippen LogP contribution in [0.2, 0.25) is 0 Å². The molecular formula is C13H21N5O3. The molecule has 0 unspecified atom stereocenters. The summed E-state index contributed by atoms with van der Waals surface area (Å²) >= 11 is 0. The van der Waals surface area contributed by atoms with E-state index >= 15 is 0 Å². The van der Waals surface area contributed by atoms with Crippen molar-refractivity contribution >= 4 is 12.0 Å². The second kappa shape index (κ2) is 6.47. The lowest BCUT2D eigenvalue weighted by atomic mass is 10.3. The molecule has 0 spiro atoms. The first-order chi connectivity index (χ1) is 10.0. The second-order valence-electron chi connectivity index (χ2n) is 4.90. The third-order valence-corrected chi connectivity index (χ3v) is 3.30. The minimum atomic E-state index is 0.0267. The smallest absolute Gasteiger partial charge is 0.319 e. The molecule has 1 saturated heterocycles. The molecule has 0 aromatic carbocycles. The number of hydrogen-bond acceptors (Lipinski definition) is 6. The summed E-state index contributed by atoms with van der Waals surface area (Å²) in [4.78, 5) is 26.0. The average molecular weight is 295 g/mol. The molecule has 0 N–H and O–H groups in total. The maximum atomic E-state index is 11.9. The molecule has 1 aliphatic heterocycles. The lowest BCUT2D eigenvalue weighted by Gasteiger charge is -2.35. The van der Waals surface area contributed by atoms with Crippen LogP contribution in [0.25, 0.3) is 0 Å². The number of amides is 2. The van der Waals surface area contributed by atoms with Crippen LogP contribution in [0.5, 0.6) is 11.8 Å². The Bertz CT molecular complexity index is 478. The number of anilines is 1. The van der Waals surface area contributed by atoms with Gasteiger partial charge in [-0.3, -0.25) is 0 Å². The van der Waals surface area contributed by atoms with Crippen molar-refractivity contribution in [1.29, 1.82) is 0 Å². The van der Waals surface area contributed by atoms with Gasteiger partial charge < -0.3 is 24.2 Å². The highest BCUT2D eigenvalue weighted by Gasteiger charge is 2.24. The minimum Gasteiger partial charge on any atom is -0.481 e. The van der Waals surface area contributed by atoms with E-state index < -0.39 is 0 Å². The third-order valence-electron chi connectivity index (χ3n) is 3.30. The molecule has 1 aromatic heterocycles. The van der Waals surface area contributed by atoms with Crippen molar-refractivity contribution in [1.82, 2.24) is 19.8 Å². The zero-order chi connectivity index (χ0) is 15.4. The number of nitrogens with zero attached hydrogens (tertiary/aromatic N) is 5. The summed E-state index contributed by atoms with van der Waals surface area (Å²) in [6, 6.07) is 1.66. The van der Waals surface area contributed by atoms with Crippen molar-refractivity contribution in [3.63, 3.8) is 0 Å². The van der Waals surface area contributed by atoms with Crippen molar-refractivity contribution in [2.24, 2.45) is 0 Å². The van der Waals surface area contributed by atoms with Crippen molar-refractivity contribution < 1.29 is 14.3 Å². The van der Waals surface area contributed by atoms with Crippen LogP contribution >= 0.6 is 0 Å². The molecule has 2 amide bonds. The molecule has 8 nitrogen and oxygen atoms in total. The summed E-state index contributed by atoms with van der Waals surface area (Å²) in [7, 11) is 6.62. The molecule has 1 aliphatic rings. The molecule has 116 valence electrons. The van der Waals surface area contributed by atoms with E-state index in [4.69, 9.17) is 9.47 Å². The first-order valence-electron chi connectivity index (χ1n) is 6.73. The monoisotopic (exact) mass is 295 g/mol. The van der Waals surface area contributed by atoms with Gasteiger partial charge in [-0.2, -0.15) is 9.97 Å². The highest BCUT2D eigenvalue weighted by atomic mass is 16.5. The fourth-order valence-corrected chi connectivity index (χ4v) is 2.12. The van der Waals surface area contributed by atoms with Crippen LogP contribution in [0.15, 0.2) is 6.07 Å². The highest BCUT2D eigenvalue weighted by molar-refractivity contribution is 5.74. The van der Waals surface area contributed by atoms with Crippen molar-refractivity contribution in [3.8, 4) is 11.8 Å². The Hall–Kier alpha value is -2.25. The number of rotatable bonds is 3. The molecule has 0 aliphatic carbocycles. The first kappa shape index (κ1) is 15.1. The van der Waals surface area contributed by atoms with Gasteiger partial charge in [0.25, 0.3) is 0 Å². The van der Waals surface area contributed by atoms with Gasteiger partial charge in [-0.05, 0) is 0 Å². The second-order valence-corrected chi connectivity index (χ2v) is 4.90. The number of aromatic nitrogens is 2. The molecule has 2 rings (SSSR count). The van der Waals surface area contributed by atoms with E-state index in [1.807, 2.05) is 9.80 Å². The molecule has 1 fully saturated rings. The Morgan fingerprint density at radius 1 is 1.10 bits per heavy atom. The summed E-state index contributed by atoms with van der Waals surface area (Å²) in [6.07, 6.45) is 0. The number of methoxy groups -OCH3 is 2. The lowest BCUT2D eigenvalue weighted by Crippen LogP contribution is -2.51. The van der Waals surface area contributed by atoms with Gasteiger partial charge >= 0.3 is 6.03 Å². The van der Waals surface area contributed by atoms with E-state index in [-0.39, 0.29) is 6.03 Å². The van der Waals surface area contributed by atoms with Gasteiger partial charge in [0.05, 0.1) is 20.3 Å². The molecule has 21 heavy (non-hydrogen) atoms. The minimum absolute atomic E-state index is 0.0267. The normalized spacial score (nSPS) is 14.9. The average Bonchev–Trinajstić information content (AvgIpc) is 2.53. The van der Waals surface area contributed by atoms with E-state index in [0.29, 0.717) is 43.9 Å². The molecule has 0 radical (unpaired) electrons. The zero-order valence-corrected chi connectivity index (χ0v) is 12.9. The summed E-state index contributed by atoms with van der Waals surface area (Å²) in [5.41, 5.74) is 0. The summed E-state index contributed by atoms with van der Waals surface area (Å²) in [5, 5.41) is 0.